The molecule has 0 aliphatic rings. The molecule has 0 fully saturated rings. The van der Waals surface area contributed by atoms with Crippen molar-refractivity contribution in [2.75, 3.05) is 25.5 Å². The van der Waals surface area contributed by atoms with Gasteiger partial charge in [-0.05, 0) is 30.1 Å². The Balaban J connectivity index is 1.49. The number of anilines is 1. The lowest BCUT2D eigenvalue weighted by Crippen LogP contribution is -2.29. The number of fused-ring (bicyclic) bond motifs is 1. The Labute approximate surface area is 201 Å². The molecule has 7 nitrogen and oxygen atoms in total. The lowest BCUT2D eigenvalue weighted by molar-refractivity contribution is 0.463. The molecular weight excluding hydrogens is 483 g/mol. The molecule has 2 radical (unpaired) electrons. The first-order valence-electron chi connectivity index (χ1n) is 10.2. The Hall–Kier alpha value is -3.02. The summed E-state index contributed by atoms with van der Waals surface area (Å²) in [7, 11) is 3.33. The highest BCUT2D eigenvalue weighted by molar-refractivity contribution is 7.89. The van der Waals surface area contributed by atoms with Gasteiger partial charge in [-0.1, -0.05) is 29.8 Å². The maximum absolute atomic E-state index is 13.5. The summed E-state index contributed by atoms with van der Waals surface area (Å²) in [6.45, 7) is 0.485. The highest BCUT2D eigenvalue weighted by Gasteiger charge is 2.22. The molecule has 4 rings (SSSR count). The van der Waals surface area contributed by atoms with E-state index >= 15 is 0 Å². The molecule has 12 heteroatoms. The molecule has 2 heterocycles. The van der Waals surface area contributed by atoms with Gasteiger partial charge in [-0.15, -0.1) is 0 Å². The van der Waals surface area contributed by atoms with E-state index in [0.29, 0.717) is 46.7 Å². The first-order valence-corrected chi connectivity index (χ1v) is 12.0. The van der Waals surface area contributed by atoms with Gasteiger partial charge in [0.2, 0.25) is 10.0 Å². The average molecular weight is 502 g/mol. The molecule has 2 aromatic heterocycles. The van der Waals surface area contributed by atoms with E-state index in [2.05, 4.69) is 15.4 Å². The number of hydrogen-bond acceptors (Lipinski definition) is 5. The van der Waals surface area contributed by atoms with Crippen LogP contribution in [0.5, 0.6) is 0 Å². The third-order valence-electron chi connectivity index (χ3n) is 5.15. The normalized spacial score (nSPS) is 11.9. The number of halogens is 3. The molecule has 0 unspecified atom stereocenters. The SMILES string of the molecule is [B]c1cnn2c(NCCCN(C)S(=O)(=O)c3cc(F)cc(F)c3)cc(-c3ccccc3Cl)nc12. The fraction of sp³-hybridized carbons (Fsp3) is 0.182. The van der Waals surface area contributed by atoms with Crippen molar-refractivity contribution < 1.29 is 17.2 Å². The van der Waals surface area contributed by atoms with E-state index in [1.54, 1.807) is 16.6 Å². The van der Waals surface area contributed by atoms with Crippen molar-refractivity contribution in [2.45, 2.75) is 11.3 Å². The smallest absolute Gasteiger partial charge is 0.243 e. The van der Waals surface area contributed by atoms with E-state index in [0.717, 1.165) is 22.0 Å². The summed E-state index contributed by atoms with van der Waals surface area (Å²) in [4.78, 5) is 4.13. The summed E-state index contributed by atoms with van der Waals surface area (Å²) in [6.07, 6.45) is 1.89. The Bertz CT molecular complexity index is 1440. The molecule has 0 saturated heterocycles. The van der Waals surface area contributed by atoms with Crippen molar-refractivity contribution in [1.82, 2.24) is 18.9 Å². The number of sulfonamides is 1. The van der Waals surface area contributed by atoms with Gasteiger partial charge in [0.05, 0.1) is 10.6 Å². The zero-order valence-corrected chi connectivity index (χ0v) is 19.6. The second-order valence-electron chi connectivity index (χ2n) is 7.55. The fourth-order valence-electron chi connectivity index (χ4n) is 3.41. The van der Waals surface area contributed by atoms with E-state index in [9.17, 15) is 17.2 Å². The van der Waals surface area contributed by atoms with Crippen LogP contribution in [0, 0.1) is 11.6 Å². The molecule has 0 saturated carbocycles. The van der Waals surface area contributed by atoms with Crippen LogP contribution in [0.2, 0.25) is 5.02 Å². The second-order valence-corrected chi connectivity index (χ2v) is 10.0. The Morgan fingerprint density at radius 2 is 1.85 bits per heavy atom. The molecule has 0 atom stereocenters. The third kappa shape index (κ3) is 4.91. The van der Waals surface area contributed by atoms with E-state index < -0.39 is 26.6 Å². The molecule has 4 aromatic rings. The summed E-state index contributed by atoms with van der Waals surface area (Å²) >= 11 is 6.33. The summed E-state index contributed by atoms with van der Waals surface area (Å²) in [5.41, 5.74) is 2.17. The van der Waals surface area contributed by atoms with Crippen LogP contribution in [0.4, 0.5) is 14.6 Å². The Morgan fingerprint density at radius 3 is 2.56 bits per heavy atom. The second kappa shape index (κ2) is 9.69. The number of benzene rings is 2. The topological polar surface area (TPSA) is 79.6 Å². The van der Waals surface area contributed by atoms with Gasteiger partial charge in [-0.2, -0.15) is 9.61 Å². The molecule has 1 N–H and O–H groups in total. The van der Waals surface area contributed by atoms with Crippen LogP contribution in [0.25, 0.3) is 16.9 Å². The van der Waals surface area contributed by atoms with Gasteiger partial charge >= 0.3 is 0 Å². The van der Waals surface area contributed by atoms with E-state index in [1.807, 2.05) is 18.2 Å². The molecule has 2 aromatic carbocycles. The van der Waals surface area contributed by atoms with Gasteiger partial charge in [0.1, 0.15) is 25.3 Å². The summed E-state index contributed by atoms with van der Waals surface area (Å²) in [6, 6.07) is 11.2. The summed E-state index contributed by atoms with van der Waals surface area (Å²) in [5, 5.41) is 7.99. The highest BCUT2D eigenvalue weighted by atomic mass is 35.5. The van der Waals surface area contributed by atoms with Crippen LogP contribution in [0.1, 0.15) is 6.42 Å². The van der Waals surface area contributed by atoms with Crippen molar-refractivity contribution in [3.8, 4) is 11.3 Å². The molecule has 174 valence electrons. The number of hydrogen-bond donors (Lipinski definition) is 1. The minimum Gasteiger partial charge on any atom is -0.370 e. The zero-order valence-electron chi connectivity index (χ0n) is 18.0. The molecular formula is C22H19BClF2N5O2S. The number of nitrogens with one attached hydrogen (secondary N) is 1. The maximum Gasteiger partial charge on any atom is 0.243 e. The molecule has 0 bridgehead atoms. The van der Waals surface area contributed by atoms with Crippen LogP contribution in [-0.4, -0.2) is 55.3 Å². The predicted octanol–water partition coefficient (Wildman–Crippen LogP) is 3.24. The molecule has 0 spiro atoms. The molecule has 34 heavy (non-hydrogen) atoms. The van der Waals surface area contributed by atoms with Gasteiger partial charge in [0, 0.05) is 49.1 Å². The molecule has 0 aliphatic heterocycles. The monoisotopic (exact) mass is 501 g/mol. The number of aromatic nitrogens is 3. The highest BCUT2D eigenvalue weighted by Crippen LogP contribution is 2.28. The van der Waals surface area contributed by atoms with Crippen molar-refractivity contribution in [3.05, 3.63) is 71.4 Å². The van der Waals surface area contributed by atoms with E-state index in [4.69, 9.17) is 19.4 Å². The van der Waals surface area contributed by atoms with Gasteiger partial charge in [-0.25, -0.2) is 26.5 Å². The first-order chi connectivity index (χ1) is 16.2. The molecule has 0 amide bonds. The minimum absolute atomic E-state index is 0.111. The van der Waals surface area contributed by atoms with Crippen LogP contribution in [0.3, 0.4) is 0 Å². The van der Waals surface area contributed by atoms with Crippen LogP contribution in [-0.2, 0) is 10.0 Å². The Kier molecular flexibility index (Phi) is 6.87. The standard InChI is InChI=1S/C22H19BClF2N5O2S/c1-30(34(32,33)16-10-14(25)9-15(26)11-16)8-4-7-27-21-12-20(17-5-2-3-6-19(17)24)29-22-18(23)13-28-31(21)22/h2-3,5-6,9-13,27H,4,7-8H2,1H3. The van der Waals surface area contributed by atoms with Gasteiger partial charge in [0.15, 0.2) is 5.65 Å². The van der Waals surface area contributed by atoms with Crippen molar-refractivity contribution in [2.24, 2.45) is 0 Å². The molecule has 0 aliphatic carbocycles. The van der Waals surface area contributed by atoms with Gasteiger partial charge < -0.3 is 5.32 Å². The van der Waals surface area contributed by atoms with Crippen LogP contribution in [0.15, 0.2) is 59.6 Å². The van der Waals surface area contributed by atoms with Crippen molar-refractivity contribution in [3.63, 3.8) is 0 Å². The van der Waals surface area contributed by atoms with E-state index in [-0.39, 0.29) is 6.54 Å². The van der Waals surface area contributed by atoms with Crippen molar-refractivity contribution in [1.29, 1.82) is 0 Å². The first kappa shape index (κ1) is 24.1. The average Bonchev–Trinajstić information content (AvgIpc) is 3.17. The summed E-state index contributed by atoms with van der Waals surface area (Å²) < 4.78 is 54.8. The third-order valence-corrected chi connectivity index (χ3v) is 7.31. The lowest BCUT2D eigenvalue weighted by Gasteiger charge is -2.18. The fourth-order valence-corrected chi connectivity index (χ4v) is 4.89. The van der Waals surface area contributed by atoms with Crippen LogP contribution < -0.4 is 10.8 Å². The largest absolute Gasteiger partial charge is 0.370 e. The summed E-state index contributed by atoms with van der Waals surface area (Å²) in [5.74, 6) is -1.32. The lowest BCUT2D eigenvalue weighted by atomic mass is 10.0. The Morgan fingerprint density at radius 1 is 1.15 bits per heavy atom. The number of rotatable bonds is 8. The van der Waals surface area contributed by atoms with Gasteiger partial charge in [-0.3, -0.25) is 0 Å². The van der Waals surface area contributed by atoms with Gasteiger partial charge in [0.25, 0.3) is 0 Å². The number of nitrogens with zero attached hydrogens (tertiary/aromatic N) is 4. The maximum atomic E-state index is 13.5. The van der Waals surface area contributed by atoms with Crippen LogP contribution >= 0.6 is 11.6 Å². The minimum atomic E-state index is -4.04. The predicted molar refractivity (Wildman–Crippen MR) is 128 cm³/mol. The quantitative estimate of drug-likeness (QED) is 0.296. The zero-order chi connectivity index (χ0) is 24.5. The van der Waals surface area contributed by atoms with Crippen molar-refractivity contribution >= 4 is 46.4 Å². The van der Waals surface area contributed by atoms with E-state index in [1.165, 1.54) is 13.2 Å².